The van der Waals surface area contributed by atoms with E-state index in [0.29, 0.717) is 25.3 Å². The molecule has 214 valence electrons. The first kappa shape index (κ1) is 29.5. The van der Waals surface area contributed by atoms with Crippen molar-refractivity contribution in [2.24, 2.45) is 14.1 Å². The van der Waals surface area contributed by atoms with Crippen LogP contribution in [0.5, 0.6) is 0 Å². The van der Waals surface area contributed by atoms with Crippen LogP contribution < -0.4 is 21.5 Å². The van der Waals surface area contributed by atoms with Crippen molar-refractivity contribution < 1.29 is 15.8 Å². The summed E-state index contributed by atoms with van der Waals surface area (Å²) in [4.78, 5) is 57.9. The second-order valence-electron chi connectivity index (χ2n) is 10.3. The van der Waals surface area contributed by atoms with E-state index in [9.17, 15) is 19.2 Å². The molecule has 39 heavy (non-hydrogen) atoms. The molecule has 2 amide bonds. The lowest BCUT2D eigenvalue weighted by atomic mass is 10.1. The number of aryl methyl sites for hydroxylation is 1. The number of benzene rings is 1. The minimum atomic E-state index is -0.532. The molecule has 1 aromatic carbocycles. The Hall–Kier alpha value is -4.09. The van der Waals surface area contributed by atoms with Crippen LogP contribution >= 0.6 is 0 Å². The van der Waals surface area contributed by atoms with E-state index in [1.165, 1.54) is 29.6 Å². The SMILES string of the molecule is CC.C[C@@H]1CN(C(=O)OC(C)(C)C)CCN1c1ccc(NC(=O)Cn2cnc3c2c(=O)n(C)c(=O)n3C)cc1.[HH]. The number of hydrogen-bond donors (Lipinski definition) is 1. The van der Waals surface area contributed by atoms with E-state index in [-0.39, 0.29) is 37.2 Å². The molecular formula is C27H41N7O5. The Bertz CT molecular complexity index is 1450. The number of piperazine rings is 1. The quantitative estimate of drug-likeness (QED) is 0.537. The molecule has 1 atom stereocenters. The topological polar surface area (TPSA) is 124 Å². The molecule has 4 rings (SSSR count). The molecule has 3 aromatic rings. The van der Waals surface area contributed by atoms with Crippen LogP contribution in [0.2, 0.25) is 0 Å². The molecule has 0 radical (unpaired) electrons. The number of amides is 2. The highest BCUT2D eigenvalue weighted by Crippen LogP contribution is 2.24. The van der Waals surface area contributed by atoms with Gasteiger partial charge in [-0.3, -0.25) is 18.7 Å². The Morgan fingerprint density at radius 2 is 1.72 bits per heavy atom. The highest BCUT2D eigenvalue weighted by atomic mass is 16.6. The van der Waals surface area contributed by atoms with Crippen LogP contribution in [0.3, 0.4) is 0 Å². The minimum Gasteiger partial charge on any atom is -0.444 e. The number of imidazole rings is 1. The molecule has 1 aliphatic heterocycles. The number of rotatable bonds is 4. The zero-order valence-corrected chi connectivity index (χ0v) is 24.0. The van der Waals surface area contributed by atoms with Gasteiger partial charge in [-0.2, -0.15) is 0 Å². The average molecular weight is 544 g/mol. The van der Waals surface area contributed by atoms with E-state index in [4.69, 9.17) is 4.74 Å². The molecule has 0 spiro atoms. The van der Waals surface area contributed by atoms with Crippen molar-refractivity contribution in [1.29, 1.82) is 0 Å². The fourth-order valence-corrected chi connectivity index (χ4v) is 4.44. The monoisotopic (exact) mass is 543 g/mol. The molecule has 1 N–H and O–H groups in total. The summed E-state index contributed by atoms with van der Waals surface area (Å²) in [6, 6.07) is 7.57. The van der Waals surface area contributed by atoms with Gasteiger partial charge in [0.1, 0.15) is 12.1 Å². The van der Waals surface area contributed by atoms with Crippen molar-refractivity contribution in [3.63, 3.8) is 0 Å². The summed E-state index contributed by atoms with van der Waals surface area (Å²) < 4.78 is 9.20. The molecule has 12 heteroatoms. The van der Waals surface area contributed by atoms with Crippen molar-refractivity contribution in [3.8, 4) is 0 Å². The highest BCUT2D eigenvalue weighted by molar-refractivity contribution is 5.91. The van der Waals surface area contributed by atoms with Gasteiger partial charge in [0.2, 0.25) is 5.91 Å². The molecule has 1 aliphatic rings. The standard InChI is InChI=1S/C25H33N7O5.C2H6.H2/c1-16-13-30(24(36)37-25(2,3)4)11-12-32(16)18-9-7-17(8-10-18)27-19(33)14-31-15-26-21-20(31)22(34)29(6)23(35)28(21)5;1-2;/h7-10,15-16H,11-14H2,1-6H3,(H,27,33);1-2H3;1H/t16-;;/m1../s1. The molecule has 2 aromatic heterocycles. The summed E-state index contributed by atoms with van der Waals surface area (Å²) in [5.41, 5.74) is 0.496. The van der Waals surface area contributed by atoms with Crippen LogP contribution in [-0.4, -0.2) is 66.9 Å². The Morgan fingerprint density at radius 3 is 2.31 bits per heavy atom. The van der Waals surface area contributed by atoms with E-state index in [1.54, 1.807) is 4.90 Å². The van der Waals surface area contributed by atoms with Crippen LogP contribution in [0.1, 0.15) is 43.0 Å². The third kappa shape index (κ3) is 6.50. The summed E-state index contributed by atoms with van der Waals surface area (Å²) in [5, 5.41) is 2.84. The van der Waals surface area contributed by atoms with E-state index < -0.39 is 16.9 Å². The smallest absolute Gasteiger partial charge is 0.410 e. The van der Waals surface area contributed by atoms with Gasteiger partial charge in [-0.15, -0.1) is 0 Å². The Labute approximate surface area is 229 Å². The predicted molar refractivity (Wildman–Crippen MR) is 153 cm³/mol. The number of aromatic nitrogens is 4. The van der Waals surface area contributed by atoms with Gasteiger partial charge >= 0.3 is 11.8 Å². The molecule has 1 saturated heterocycles. The summed E-state index contributed by atoms with van der Waals surface area (Å²) in [6.07, 6.45) is 1.08. The number of nitrogens with one attached hydrogen (secondary N) is 1. The fraction of sp³-hybridized carbons (Fsp3) is 0.519. The van der Waals surface area contributed by atoms with Crippen LogP contribution in [0.25, 0.3) is 11.2 Å². The normalized spacial score (nSPS) is 15.5. The van der Waals surface area contributed by atoms with Crippen molar-refractivity contribution in [1.82, 2.24) is 23.6 Å². The largest absolute Gasteiger partial charge is 0.444 e. The predicted octanol–water partition coefficient (Wildman–Crippen LogP) is 2.79. The number of carbonyl (C=O) groups excluding carboxylic acids is 2. The zero-order chi connectivity index (χ0) is 29.1. The number of nitrogens with zero attached hydrogens (tertiary/aromatic N) is 6. The van der Waals surface area contributed by atoms with Gasteiger partial charge in [-0.05, 0) is 52.0 Å². The van der Waals surface area contributed by atoms with Crippen LogP contribution in [-0.2, 0) is 30.2 Å². The maximum Gasteiger partial charge on any atom is 0.410 e. The van der Waals surface area contributed by atoms with Crippen molar-refractivity contribution in [2.45, 2.75) is 59.7 Å². The minimum absolute atomic E-state index is 0. The van der Waals surface area contributed by atoms with Crippen LogP contribution in [0, 0.1) is 0 Å². The Morgan fingerprint density at radius 1 is 1.08 bits per heavy atom. The lowest BCUT2D eigenvalue weighted by Crippen LogP contribution is -2.54. The molecule has 0 unspecified atom stereocenters. The number of hydrogen-bond acceptors (Lipinski definition) is 7. The lowest BCUT2D eigenvalue weighted by Gasteiger charge is -2.41. The average Bonchev–Trinajstić information content (AvgIpc) is 3.30. The second-order valence-corrected chi connectivity index (χ2v) is 10.3. The molecule has 12 nitrogen and oxygen atoms in total. The molecule has 3 heterocycles. The molecule has 0 bridgehead atoms. The Kier molecular flexibility index (Phi) is 8.88. The maximum absolute atomic E-state index is 12.7. The zero-order valence-electron chi connectivity index (χ0n) is 24.0. The number of ether oxygens (including phenoxy) is 1. The highest BCUT2D eigenvalue weighted by Gasteiger charge is 2.30. The molecular weight excluding hydrogens is 502 g/mol. The van der Waals surface area contributed by atoms with Crippen LogP contribution in [0.4, 0.5) is 16.2 Å². The van der Waals surface area contributed by atoms with E-state index in [2.05, 4.69) is 22.1 Å². The Balaban J connectivity index is 0.00000183. The first-order valence-electron chi connectivity index (χ1n) is 13.1. The van der Waals surface area contributed by atoms with Gasteiger partial charge in [0.05, 0.1) is 6.33 Å². The van der Waals surface area contributed by atoms with Gasteiger partial charge < -0.3 is 24.4 Å². The summed E-state index contributed by atoms with van der Waals surface area (Å²) in [7, 11) is 2.92. The van der Waals surface area contributed by atoms with Crippen molar-refractivity contribution in [3.05, 3.63) is 51.4 Å². The lowest BCUT2D eigenvalue weighted by molar-refractivity contribution is -0.116. The number of anilines is 2. The molecule has 0 aliphatic carbocycles. The van der Waals surface area contributed by atoms with Crippen molar-refractivity contribution >= 4 is 34.5 Å². The van der Waals surface area contributed by atoms with E-state index >= 15 is 0 Å². The molecule has 0 saturated carbocycles. The van der Waals surface area contributed by atoms with Gasteiger partial charge in [0.15, 0.2) is 11.2 Å². The fourth-order valence-electron chi connectivity index (χ4n) is 4.44. The number of carbonyl (C=O) groups is 2. The van der Waals surface area contributed by atoms with Gasteiger partial charge in [-0.1, -0.05) is 13.8 Å². The molecule has 1 fully saturated rings. The summed E-state index contributed by atoms with van der Waals surface area (Å²) >= 11 is 0. The summed E-state index contributed by atoms with van der Waals surface area (Å²) in [5.74, 6) is -0.331. The number of fused-ring (bicyclic) bond motifs is 1. The third-order valence-electron chi connectivity index (χ3n) is 6.29. The first-order chi connectivity index (χ1) is 18.4. The second kappa shape index (κ2) is 11.7. The summed E-state index contributed by atoms with van der Waals surface area (Å²) in [6.45, 7) is 13.3. The van der Waals surface area contributed by atoms with E-state index in [0.717, 1.165) is 10.3 Å². The van der Waals surface area contributed by atoms with Gasteiger partial charge in [0.25, 0.3) is 5.56 Å². The maximum atomic E-state index is 12.7. The van der Waals surface area contributed by atoms with E-state index in [1.807, 2.05) is 58.9 Å². The van der Waals surface area contributed by atoms with Crippen LogP contribution in [0.15, 0.2) is 40.2 Å². The van der Waals surface area contributed by atoms with Gasteiger partial charge in [0, 0.05) is 52.6 Å². The first-order valence-corrected chi connectivity index (χ1v) is 13.1. The third-order valence-corrected chi connectivity index (χ3v) is 6.29. The van der Waals surface area contributed by atoms with Gasteiger partial charge in [-0.25, -0.2) is 14.6 Å². The van der Waals surface area contributed by atoms with Crippen molar-refractivity contribution in [2.75, 3.05) is 29.9 Å².